The summed E-state index contributed by atoms with van der Waals surface area (Å²) in [4.78, 5) is 29.5. The molecule has 1 saturated heterocycles. The molecule has 0 spiro atoms. The van der Waals surface area contributed by atoms with Gasteiger partial charge in [0.2, 0.25) is 0 Å². The van der Waals surface area contributed by atoms with E-state index < -0.39 is 5.97 Å². The van der Waals surface area contributed by atoms with E-state index in [0.717, 1.165) is 37.8 Å². The van der Waals surface area contributed by atoms with E-state index in [2.05, 4.69) is 10.3 Å². The lowest BCUT2D eigenvalue weighted by molar-refractivity contribution is -0.142. The fourth-order valence-corrected chi connectivity index (χ4v) is 3.68. The molecule has 0 bridgehead atoms. The number of nitrogens with one attached hydrogen (secondary N) is 1. The number of aromatic nitrogens is 1. The van der Waals surface area contributed by atoms with E-state index in [4.69, 9.17) is 5.11 Å². The number of carbonyl (C=O) groups is 2. The Bertz CT molecular complexity index is 555. The second kappa shape index (κ2) is 6.98. The Kier molecular flexibility index (Phi) is 4.79. The van der Waals surface area contributed by atoms with Crippen molar-refractivity contribution in [1.82, 2.24) is 15.2 Å². The topological polar surface area (TPSA) is 82.5 Å². The van der Waals surface area contributed by atoms with Crippen LogP contribution in [0.15, 0.2) is 24.5 Å². The molecule has 0 aromatic carbocycles. The summed E-state index contributed by atoms with van der Waals surface area (Å²) in [5.74, 6) is -0.966. The third-order valence-electron chi connectivity index (χ3n) is 5.01. The molecule has 1 unspecified atom stereocenters. The van der Waals surface area contributed by atoms with Crippen LogP contribution in [0, 0.1) is 5.92 Å². The molecule has 1 aromatic heterocycles. The van der Waals surface area contributed by atoms with Crippen LogP contribution in [0.3, 0.4) is 0 Å². The van der Waals surface area contributed by atoms with Crippen molar-refractivity contribution >= 4 is 12.0 Å². The van der Waals surface area contributed by atoms with E-state index in [1.807, 2.05) is 17.0 Å². The average molecular weight is 317 g/mol. The van der Waals surface area contributed by atoms with Gasteiger partial charge in [-0.05, 0) is 56.2 Å². The highest BCUT2D eigenvalue weighted by Crippen LogP contribution is 2.32. The zero-order valence-electron chi connectivity index (χ0n) is 13.1. The fourth-order valence-electron chi connectivity index (χ4n) is 3.68. The number of aliphatic carboxylic acids is 1. The summed E-state index contributed by atoms with van der Waals surface area (Å²) in [5.41, 5.74) is 1.13. The van der Waals surface area contributed by atoms with Crippen molar-refractivity contribution in [1.29, 1.82) is 0 Å². The molecule has 23 heavy (non-hydrogen) atoms. The molecule has 6 heteroatoms. The molecular weight excluding hydrogens is 294 g/mol. The molecule has 1 aromatic rings. The fraction of sp³-hybridized carbons (Fsp3) is 0.588. The smallest absolute Gasteiger partial charge is 0.318 e. The Hall–Kier alpha value is -2.11. The van der Waals surface area contributed by atoms with Crippen LogP contribution < -0.4 is 5.32 Å². The summed E-state index contributed by atoms with van der Waals surface area (Å²) in [5, 5.41) is 12.1. The molecule has 2 aliphatic rings. The van der Waals surface area contributed by atoms with Crippen molar-refractivity contribution in [2.24, 2.45) is 5.92 Å². The predicted molar refractivity (Wildman–Crippen MR) is 84.8 cm³/mol. The normalized spacial score (nSPS) is 27.7. The van der Waals surface area contributed by atoms with Gasteiger partial charge in [0.05, 0.1) is 12.0 Å². The van der Waals surface area contributed by atoms with Gasteiger partial charge < -0.3 is 15.3 Å². The summed E-state index contributed by atoms with van der Waals surface area (Å²) in [6, 6.07) is 4.12. The molecular formula is C17H23N3O3. The largest absolute Gasteiger partial charge is 0.481 e. The number of hydrogen-bond acceptors (Lipinski definition) is 3. The van der Waals surface area contributed by atoms with Crippen LogP contribution >= 0.6 is 0 Å². The maximum Gasteiger partial charge on any atom is 0.318 e. The number of carbonyl (C=O) groups excluding carboxylic acids is 1. The van der Waals surface area contributed by atoms with E-state index in [1.54, 1.807) is 12.4 Å². The Morgan fingerprint density at radius 2 is 1.83 bits per heavy atom. The summed E-state index contributed by atoms with van der Waals surface area (Å²) < 4.78 is 0. The first kappa shape index (κ1) is 15.8. The van der Waals surface area contributed by atoms with Gasteiger partial charge in [-0.3, -0.25) is 9.78 Å². The lowest BCUT2D eigenvalue weighted by Crippen LogP contribution is -2.46. The predicted octanol–water partition coefficient (Wildman–Crippen LogP) is 2.57. The Morgan fingerprint density at radius 3 is 2.48 bits per heavy atom. The van der Waals surface area contributed by atoms with Crippen LogP contribution in [0.4, 0.5) is 4.79 Å². The van der Waals surface area contributed by atoms with E-state index in [9.17, 15) is 9.59 Å². The lowest BCUT2D eigenvalue weighted by Gasteiger charge is -2.31. The highest BCUT2D eigenvalue weighted by Gasteiger charge is 2.32. The van der Waals surface area contributed by atoms with Crippen molar-refractivity contribution in [3.63, 3.8) is 0 Å². The van der Waals surface area contributed by atoms with Crippen LogP contribution in [-0.2, 0) is 4.79 Å². The number of amides is 2. The number of carboxylic acids is 1. The highest BCUT2D eigenvalue weighted by atomic mass is 16.4. The van der Waals surface area contributed by atoms with Gasteiger partial charge in [0, 0.05) is 25.0 Å². The second-order valence-electron chi connectivity index (χ2n) is 6.47. The van der Waals surface area contributed by atoms with Crippen LogP contribution in [0.1, 0.15) is 50.1 Å². The highest BCUT2D eigenvalue weighted by molar-refractivity contribution is 5.75. The van der Waals surface area contributed by atoms with Crippen molar-refractivity contribution in [2.45, 2.75) is 50.6 Å². The molecule has 2 amide bonds. The number of hydrogen-bond donors (Lipinski definition) is 2. The van der Waals surface area contributed by atoms with Gasteiger partial charge in [-0.15, -0.1) is 0 Å². The first-order valence-corrected chi connectivity index (χ1v) is 8.35. The molecule has 1 aliphatic heterocycles. The SMILES string of the molecule is O=C(O)C1CCC(NC(=O)N2CCCC2c2ccncc2)CC1. The molecule has 2 fully saturated rings. The molecule has 1 saturated carbocycles. The second-order valence-corrected chi connectivity index (χ2v) is 6.47. The van der Waals surface area contributed by atoms with Crippen LogP contribution in [0.5, 0.6) is 0 Å². The third kappa shape index (κ3) is 3.63. The van der Waals surface area contributed by atoms with Crippen molar-refractivity contribution in [2.75, 3.05) is 6.54 Å². The number of rotatable bonds is 3. The molecule has 1 atom stereocenters. The summed E-state index contributed by atoms with van der Waals surface area (Å²) in [6.07, 6.45) is 8.29. The minimum absolute atomic E-state index is 0.0249. The summed E-state index contributed by atoms with van der Waals surface area (Å²) >= 11 is 0. The number of urea groups is 1. The maximum atomic E-state index is 12.6. The van der Waals surface area contributed by atoms with E-state index >= 15 is 0 Å². The van der Waals surface area contributed by atoms with Crippen LogP contribution in [-0.4, -0.2) is 39.6 Å². The van der Waals surface area contributed by atoms with Gasteiger partial charge in [0.1, 0.15) is 0 Å². The summed E-state index contributed by atoms with van der Waals surface area (Å²) in [6.45, 7) is 0.767. The molecule has 124 valence electrons. The number of nitrogens with zero attached hydrogens (tertiary/aromatic N) is 2. The Labute approximate surface area is 135 Å². The average Bonchev–Trinajstić information content (AvgIpc) is 3.06. The molecule has 3 rings (SSSR count). The number of carboxylic acid groups (broad SMARTS) is 1. The van der Waals surface area contributed by atoms with E-state index in [1.165, 1.54) is 0 Å². The quantitative estimate of drug-likeness (QED) is 0.897. The van der Waals surface area contributed by atoms with Crippen molar-refractivity contribution in [3.8, 4) is 0 Å². The van der Waals surface area contributed by atoms with E-state index in [0.29, 0.717) is 12.8 Å². The zero-order valence-corrected chi connectivity index (χ0v) is 13.1. The monoisotopic (exact) mass is 317 g/mol. The molecule has 1 aliphatic carbocycles. The number of likely N-dealkylation sites (tertiary alicyclic amines) is 1. The Morgan fingerprint density at radius 1 is 1.13 bits per heavy atom. The van der Waals surface area contributed by atoms with Gasteiger partial charge in [0.15, 0.2) is 0 Å². The van der Waals surface area contributed by atoms with Crippen LogP contribution in [0.25, 0.3) is 0 Å². The number of pyridine rings is 1. The van der Waals surface area contributed by atoms with Gasteiger partial charge in [-0.2, -0.15) is 0 Å². The zero-order chi connectivity index (χ0) is 16.2. The van der Waals surface area contributed by atoms with Gasteiger partial charge >= 0.3 is 12.0 Å². The van der Waals surface area contributed by atoms with Gasteiger partial charge in [-0.1, -0.05) is 0 Å². The maximum absolute atomic E-state index is 12.6. The first-order chi connectivity index (χ1) is 11.1. The van der Waals surface area contributed by atoms with Gasteiger partial charge in [-0.25, -0.2) is 4.79 Å². The minimum atomic E-state index is -0.716. The lowest BCUT2D eigenvalue weighted by atomic mass is 9.86. The first-order valence-electron chi connectivity index (χ1n) is 8.35. The minimum Gasteiger partial charge on any atom is -0.481 e. The Balaban J connectivity index is 1.57. The summed E-state index contributed by atoms with van der Waals surface area (Å²) in [7, 11) is 0. The molecule has 6 nitrogen and oxygen atoms in total. The third-order valence-corrected chi connectivity index (χ3v) is 5.01. The van der Waals surface area contributed by atoms with E-state index in [-0.39, 0.29) is 24.0 Å². The standard InChI is InChI=1S/C17H23N3O3/c21-16(22)13-3-5-14(6-4-13)19-17(23)20-11-1-2-15(20)12-7-9-18-10-8-12/h7-10,13-15H,1-6,11H2,(H,19,23)(H,21,22). The molecule has 2 N–H and O–H groups in total. The van der Waals surface area contributed by atoms with Gasteiger partial charge in [0.25, 0.3) is 0 Å². The van der Waals surface area contributed by atoms with Crippen molar-refractivity contribution < 1.29 is 14.7 Å². The van der Waals surface area contributed by atoms with Crippen molar-refractivity contribution in [3.05, 3.63) is 30.1 Å². The van der Waals surface area contributed by atoms with Crippen LogP contribution in [0.2, 0.25) is 0 Å². The molecule has 0 radical (unpaired) electrons. The molecule has 2 heterocycles.